The highest BCUT2D eigenvalue weighted by atomic mass is 15.1. The lowest BCUT2D eigenvalue weighted by Gasteiger charge is -2.31. The van der Waals surface area contributed by atoms with Gasteiger partial charge in [-0.3, -0.25) is 0 Å². The molecule has 0 heterocycles. The van der Waals surface area contributed by atoms with Crippen molar-refractivity contribution in [2.45, 2.75) is 38.6 Å². The summed E-state index contributed by atoms with van der Waals surface area (Å²) >= 11 is 0. The summed E-state index contributed by atoms with van der Waals surface area (Å²) < 4.78 is 0. The summed E-state index contributed by atoms with van der Waals surface area (Å²) in [5, 5.41) is 0. The minimum Gasteiger partial charge on any atom is -0.306 e. The fourth-order valence-corrected chi connectivity index (χ4v) is 1.87. The molecule has 0 radical (unpaired) electrons. The van der Waals surface area contributed by atoms with Crippen molar-refractivity contribution in [3.05, 3.63) is 0 Å². The summed E-state index contributed by atoms with van der Waals surface area (Å²) in [6.07, 6.45) is 5.71. The van der Waals surface area contributed by atoms with Gasteiger partial charge in [0.25, 0.3) is 0 Å². The van der Waals surface area contributed by atoms with Crippen LogP contribution in [0, 0.1) is 5.92 Å². The monoisotopic (exact) mass is 141 g/mol. The van der Waals surface area contributed by atoms with E-state index in [0.29, 0.717) is 0 Å². The van der Waals surface area contributed by atoms with Crippen LogP contribution >= 0.6 is 0 Å². The largest absolute Gasteiger partial charge is 0.306 e. The van der Waals surface area contributed by atoms with Crippen LogP contribution in [0.2, 0.25) is 0 Å². The van der Waals surface area contributed by atoms with Gasteiger partial charge in [-0.25, -0.2) is 0 Å². The highest BCUT2D eigenvalue weighted by molar-refractivity contribution is 4.74. The predicted octanol–water partition coefficient (Wildman–Crippen LogP) is 2.13. The molecular weight excluding hydrogens is 122 g/mol. The van der Waals surface area contributed by atoms with Crippen molar-refractivity contribution in [2.24, 2.45) is 5.92 Å². The molecule has 1 fully saturated rings. The van der Waals surface area contributed by atoms with Crippen LogP contribution < -0.4 is 0 Å². The SMILES string of the molecule is CC1CCCC(N(C)C)C1. The Morgan fingerprint density at radius 3 is 2.30 bits per heavy atom. The first-order valence-corrected chi connectivity index (χ1v) is 4.36. The lowest BCUT2D eigenvalue weighted by Crippen LogP contribution is -2.32. The topological polar surface area (TPSA) is 3.24 Å². The van der Waals surface area contributed by atoms with Gasteiger partial charge in [0.2, 0.25) is 0 Å². The van der Waals surface area contributed by atoms with Gasteiger partial charge in [-0.1, -0.05) is 19.8 Å². The van der Waals surface area contributed by atoms with E-state index >= 15 is 0 Å². The molecule has 10 heavy (non-hydrogen) atoms. The first kappa shape index (κ1) is 8.06. The van der Waals surface area contributed by atoms with E-state index in [0.717, 1.165) is 12.0 Å². The van der Waals surface area contributed by atoms with Gasteiger partial charge < -0.3 is 4.90 Å². The van der Waals surface area contributed by atoms with Crippen molar-refractivity contribution in [1.29, 1.82) is 0 Å². The van der Waals surface area contributed by atoms with Crippen LogP contribution in [0.3, 0.4) is 0 Å². The number of rotatable bonds is 1. The summed E-state index contributed by atoms with van der Waals surface area (Å²) in [6.45, 7) is 2.37. The van der Waals surface area contributed by atoms with Crippen LogP contribution in [0.4, 0.5) is 0 Å². The first-order chi connectivity index (χ1) is 4.70. The Kier molecular flexibility index (Phi) is 2.72. The molecule has 1 heteroatoms. The van der Waals surface area contributed by atoms with E-state index in [2.05, 4.69) is 25.9 Å². The minimum absolute atomic E-state index is 0.865. The lowest BCUT2D eigenvalue weighted by atomic mass is 9.87. The van der Waals surface area contributed by atoms with E-state index in [1.807, 2.05) is 0 Å². The Labute approximate surface area is 64.4 Å². The van der Waals surface area contributed by atoms with Gasteiger partial charge in [0.15, 0.2) is 0 Å². The molecule has 0 bridgehead atoms. The Balaban J connectivity index is 2.32. The zero-order valence-electron chi connectivity index (χ0n) is 7.43. The van der Waals surface area contributed by atoms with E-state index in [1.54, 1.807) is 0 Å². The molecule has 0 N–H and O–H groups in total. The quantitative estimate of drug-likeness (QED) is 0.540. The zero-order valence-corrected chi connectivity index (χ0v) is 7.43. The van der Waals surface area contributed by atoms with Gasteiger partial charge in [-0.05, 0) is 32.9 Å². The van der Waals surface area contributed by atoms with E-state index in [1.165, 1.54) is 25.7 Å². The predicted molar refractivity (Wildman–Crippen MR) is 45.1 cm³/mol. The first-order valence-electron chi connectivity index (χ1n) is 4.36. The molecule has 60 valence electrons. The molecule has 2 atom stereocenters. The van der Waals surface area contributed by atoms with Crippen molar-refractivity contribution in [1.82, 2.24) is 4.90 Å². The Hall–Kier alpha value is -0.0400. The second-order valence-corrected chi connectivity index (χ2v) is 3.89. The van der Waals surface area contributed by atoms with Crippen LogP contribution in [0.15, 0.2) is 0 Å². The van der Waals surface area contributed by atoms with Crippen LogP contribution in [-0.4, -0.2) is 25.0 Å². The summed E-state index contributed by atoms with van der Waals surface area (Å²) in [4.78, 5) is 2.37. The van der Waals surface area contributed by atoms with E-state index in [-0.39, 0.29) is 0 Å². The van der Waals surface area contributed by atoms with E-state index < -0.39 is 0 Å². The van der Waals surface area contributed by atoms with Gasteiger partial charge in [0.05, 0.1) is 0 Å². The molecule has 1 rings (SSSR count). The highest BCUT2D eigenvalue weighted by Gasteiger charge is 2.19. The molecule has 1 nitrogen and oxygen atoms in total. The molecule has 0 aromatic heterocycles. The molecular formula is C9H19N. The molecule has 2 unspecified atom stereocenters. The Morgan fingerprint density at radius 1 is 1.20 bits per heavy atom. The van der Waals surface area contributed by atoms with Gasteiger partial charge in [-0.15, -0.1) is 0 Å². The van der Waals surface area contributed by atoms with Crippen LogP contribution in [-0.2, 0) is 0 Å². The van der Waals surface area contributed by atoms with Crippen LogP contribution in [0.1, 0.15) is 32.6 Å². The third kappa shape index (κ3) is 1.98. The third-order valence-corrected chi connectivity index (χ3v) is 2.64. The Morgan fingerprint density at radius 2 is 1.90 bits per heavy atom. The van der Waals surface area contributed by atoms with Crippen LogP contribution in [0.25, 0.3) is 0 Å². The molecule has 0 aromatic rings. The molecule has 0 saturated heterocycles. The number of hydrogen-bond acceptors (Lipinski definition) is 1. The standard InChI is InChI=1S/C9H19N/c1-8-5-4-6-9(7-8)10(2)3/h8-9H,4-7H2,1-3H3. The average Bonchev–Trinajstić information content (AvgIpc) is 1.88. The highest BCUT2D eigenvalue weighted by Crippen LogP contribution is 2.25. The maximum absolute atomic E-state index is 2.37. The second kappa shape index (κ2) is 3.38. The second-order valence-electron chi connectivity index (χ2n) is 3.89. The molecule has 1 aliphatic rings. The molecule has 0 aliphatic heterocycles. The molecule has 0 spiro atoms. The fraction of sp³-hybridized carbons (Fsp3) is 1.00. The third-order valence-electron chi connectivity index (χ3n) is 2.64. The maximum Gasteiger partial charge on any atom is 0.00917 e. The number of nitrogens with zero attached hydrogens (tertiary/aromatic N) is 1. The average molecular weight is 141 g/mol. The molecule has 1 aliphatic carbocycles. The van der Waals surface area contributed by atoms with Gasteiger partial charge >= 0.3 is 0 Å². The molecule has 0 aromatic carbocycles. The van der Waals surface area contributed by atoms with Crippen LogP contribution in [0.5, 0.6) is 0 Å². The van der Waals surface area contributed by atoms with Crippen molar-refractivity contribution < 1.29 is 0 Å². The summed E-state index contributed by atoms with van der Waals surface area (Å²) in [7, 11) is 4.39. The smallest absolute Gasteiger partial charge is 0.00917 e. The van der Waals surface area contributed by atoms with E-state index in [4.69, 9.17) is 0 Å². The summed E-state index contributed by atoms with van der Waals surface area (Å²) in [5.41, 5.74) is 0. The van der Waals surface area contributed by atoms with Gasteiger partial charge in [-0.2, -0.15) is 0 Å². The van der Waals surface area contributed by atoms with Gasteiger partial charge in [0.1, 0.15) is 0 Å². The number of hydrogen-bond donors (Lipinski definition) is 0. The fourth-order valence-electron chi connectivity index (χ4n) is 1.87. The molecule has 0 amide bonds. The molecule has 1 saturated carbocycles. The normalized spacial score (nSPS) is 34.8. The Bertz CT molecular complexity index is 98.9. The van der Waals surface area contributed by atoms with Crippen molar-refractivity contribution in [3.8, 4) is 0 Å². The van der Waals surface area contributed by atoms with Crippen molar-refractivity contribution in [3.63, 3.8) is 0 Å². The summed E-state index contributed by atoms with van der Waals surface area (Å²) in [5.74, 6) is 0.959. The minimum atomic E-state index is 0.865. The van der Waals surface area contributed by atoms with E-state index in [9.17, 15) is 0 Å². The lowest BCUT2D eigenvalue weighted by molar-refractivity contribution is 0.193. The maximum atomic E-state index is 2.37. The van der Waals surface area contributed by atoms with Crippen molar-refractivity contribution >= 4 is 0 Å². The zero-order chi connectivity index (χ0) is 7.56. The van der Waals surface area contributed by atoms with Crippen molar-refractivity contribution in [2.75, 3.05) is 14.1 Å². The van der Waals surface area contributed by atoms with Gasteiger partial charge in [0, 0.05) is 6.04 Å². The summed E-state index contributed by atoms with van der Waals surface area (Å²) in [6, 6.07) is 0.865.